The van der Waals surface area contributed by atoms with Crippen molar-refractivity contribution in [1.82, 2.24) is 23.7 Å². The molecule has 0 radical (unpaired) electrons. The summed E-state index contributed by atoms with van der Waals surface area (Å²) >= 11 is 4.13. The second-order valence-corrected chi connectivity index (χ2v) is 8.55. The number of ether oxygens (including phenoxy) is 1. The Bertz CT molecular complexity index is 1240. The predicted octanol–water partition coefficient (Wildman–Crippen LogP) is 2.88. The van der Waals surface area contributed by atoms with Crippen molar-refractivity contribution in [3.63, 3.8) is 0 Å². The molecule has 3 rings (SSSR count). The van der Waals surface area contributed by atoms with E-state index in [-0.39, 0.29) is 18.1 Å². The van der Waals surface area contributed by atoms with Gasteiger partial charge in [-0.3, -0.25) is 9.36 Å². The largest absolute Gasteiger partial charge is 0.464 e. The average Bonchev–Trinajstić information content (AvgIpc) is 3.30. The number of aliphatic hydroxyl groups is 1. The number of nitrogens with zero attached hydrogens (tertiary/aromatic N) is 5. The van der Waals surface area contributed by atoms with Crippen molar-refractivity contribution in [3.05, 3.63) is 43.7 Å². The van der Waals surface area contributed by atoms with Crippen molar-refractivity contribution in [2.24, 2.45) is 0 Å². The molecule has 0 spiro atoms. The monoisotopic (exact) mass is 554 g/mol. The Balaban J connectivity index is 2.14. The summed E-state index contributed by atoms with van der Waals surface area (Å²) in [6.45, 7) is 1.67. The molecule has 3 heterocycles. The number of alkyl halides is 3. The van der Waals surface area contributed by atoms with Crippen LogP contribution < -0.4 is 15.7 Å². The fourth-order valence-corrected chi connectivity index (χ4v) is 3.51. The summed E-state index contributed by atoms with van der Waals surface area (Å²) in [4.78, 5) is 28.9. The van der Waals surface area contributed by atoms with Crippen LogP contribution in [0.3, 0.4) is 0 Å². The van der Waals surface area contributed by atoms with Crippen LogP contribution in [0.2, 0.25) is 0 Å². The molecule has 0 fully saturated rings. The summed E-state index contributed by atoms with van der Waals surface area (Å²) in [5.41, 5.74) is -1.36. The van der Waals surface area contributed by atoms with E-state index in [9.17, 15) is 32.3 Å². The highest BCUT2D eigenvalue weighted by Gasteiger charge is 2.39. The lowest BCUT2D eigenvalue weighted by atomic mass is 10.2. The summed E-state index contributed by atoms with van der Waals surface area (Å²) in [6, 6.07) is 0.583. The smallest absolute Gasteiger partial charge is 0.425 e. The van der Waals surface area contributed by atoms with Crippen LogP contribution in [0.5, 0.6) is 5.88 Å². The topological polar surface area (TPSA) is 124 Å². The minimum atomic E-state index is -4.82. The molecule has 3 aromatic heterocycles. The lowest BCUT2D eigenvalue weighted by Crippen LogP contribution is -2.33. The molecule has 1 unspecified atom stereocenters. The van der Waals surface area contributed by atoms with Crippen molar-refractivity contribution in [3.8, 4) is 11.7 Å². The van der Waals surface area contributed by atoms with Gasteiger partial charge in [0.2, 0.25) is 5.88 Å². The number of aliphatic hydroxyl groups excluding tert-OH is 1. The molecule has 1 amide bonds. The van der Waals surface area contributed by atoms with Crippen molar-refractivity contribution in [2.75, 3.05) is 5.32 Å². The van der Waals surface area contributed by atoms with Gasteiger partial charge in [-0.05, 0) is 47.4 Å². The first-order chi connectivity index (χ1) is 15.5. The van der Waals surface area contributed by atoms with E-state index in [1.54, 1.807) is 6.92 Å². The van der Waals surface area contributed by atoms with Crippen LogP contribution in [0, 0.1) is 5.82 Å². The van der Waals surface area contributed by atoms with Crippen molar-refractivity contribution in [1.29, 1.82) is 0 Å². The highest BCUT2D eigenvalue weighted by atomic mass is 79.9. The van der Waals surface area contributed by atoms with Crippen LogP contribution in [0.15, 0.2) is 20.8 Å². The van der Waals surface area contributed by atoms with E-state index in [0.717, 1.165) is 16.1 Å². The molecule has 0 saturated heterocycles. The maximum Gasteiger partial charge on any atom is 0.425 e. The van der Waals surface area contributed by atoms with E-state index >= 15 is 0 Å². The molecule has 1 atom stereocenters. The van der Waals surface area contributed by atoms with E-state index in [0.29, 0.717) is 21.5 Å². The highest BCUT2D eigenvalue weighted by molar-refractivity contribution is 9.11. The number of carbonyl (C=O) groups excluding carboxylic acids is 1. The number of halogens is 5. The first kappa shape index (κ1) is 24.8. The number of nitrogens with one attached hydrogen (secondary N) is 1. The van der Waals surface area contributed by atoms with Gasteiger partial charge in [-0.15, -0.1) is 5.10 Å². The minimum absolute atomic E-state index is 0.0782. The number of rotatable bonds is 7. The first-order valence-corrected chi connectivity index (χ1v) is 10.7. The quantitative estimate of drug-likeness (QED) is 0.430. The molecule has 0 aliphatic rings. The number of hydrogen-bond donors (Lipinski definition) is 2. The number of anilines is 1. The maximum absolute atomic E-state index is 14.9. The molecule has 0 saturated carbocycles. The van der Waals surface area contributed by atoms with Gasteiger partial charge in [-0.1, -0.05) is 0 Å². The summed E-state index contributed by atoms with van der Waals surface area (Å²) in [6.07, 6.45) is -5.96. The number of amides is 1. The Morgan fingerprint density at radius 3 is 2.64 bits per heavy atom. The third-order valence-electron chi connectivity index (χ3n) is 4.29. The lowest BCUT2D eigenvalue weighted by molar-refractivity contribution is -0.190. The Hall–Kier alpha value is -2.85. The van der Waals surface area contributed by atoms with Gasteiger partial charge in [0.05, 0.1) is 11.9 Å². The molecule has 33 heavy (non-hydrogen) atoms. The lowest BCUT2D eigenvalue weighted by Gasteiger charge is -2.19. The van der Waals surface area contributed by atoms with Gasteiger partial charge in [0.25, 0.3) is 5.91 Å². The average molecular weight is 555 g/mol. The maximum atomic E-state index is 14.9. The SMILES string of the molecule is CCn1c(CO)nn(-c2nc(OC(C)C(F)(F)F)c(C(=O)Nc3cnsc3Br)cc2F)c1=O. The Kier molecular flexibility index (Phi) is 7.18. The van der Waals surface area contributed by atoms with E-state index < -0.39 is 53.6 Å². The minimum Gasteiger partial charge on any atom is -0.464 e. The molecule has 0 bridgehead atoms. The molecule has 16 heteroatoms. The van der Waals surface area contributed by atoms with E-state index in [1.807, 2.05) is 0 Å². The standard InChI is InChI=1S/C17H15BrF4N6O4S/c1-3-27-11(6-29)26-28(16(27)31)13-9(19)4-8(14(30)24-10-5-23-33-12(10)18)15(25-13)32-7(2)17(20,21)22/h4-5,7,29H,3,6H2,1-2H3,(H,24,30). The second-order valence-electron chi connectivity index (χ2n) is 6.43. The van der Waals surface area contributed by atoms with E-state index in [2.05, 4.69) is 35.7 Å². The molecule has 0 aliphatic carbocycles. The Labute approximate surface area is 195 Å². The molecule has 178 valence electrons. The summed E-state index contributed by atoms with van der Waals surface area (Å²) in [5, 5.41) is 15.5. The van der Waals surface area contributed by atoms with Crippen LogP contribution in [0.4, 0.5) is 23.2 Å². The van der Waals surface area contributed by atoms with Gasteiger partial charge in [0.15, 0.2) is 23.6 Å². The van der Waals surface area contributed by atoms with Crippen molar-refractivity contribution >= 4 is 39.1 Å². The highest BCUT2D eigenvalue weighted by Crippen LogP contribution is 2.30. The van der Waals surface area contributed by atoms with Gasteiger partial charge in [0.1, 0.15) is 16.0 Å². The number of aromatic nitrogens is 5. The molecular weight excluding hydrogens is 540 g/mol. The summed E-state index contributed by atoms with van der Waals surface area (Å²) in [5.74, 6) is -4.06. The van der Waals surface area contributed by atoms with Gasteiger partial charge < -0.3 is 15.2 Å². The van der Waals surface area contributed by atoms with Crippen LogP contribution in [-0.4, -0.2) is 47.0 Å². The predicted molar refractivity (Wildman–Crippen MR) is 111 cm³/mol. The van der Waals surface area contributed by atoms with Gasteiger partial charge in [0, 0.05) is 6.54 Å². The summed E-state index contributed by atoms with van der Waals surface area (Å²) < 4.78 is 64.8. The second kappa shape index (κ2) is 9.56. The van der Waals surface area contributed by atoms with Crippen LogP contribution in [-0.2, 0) is 13.2 Å². The molecule has 0 aliphatic heterocycles. The Morgan fingerprint density at radius 2 is 2.12 bits per heavy atom. The molecular formula is C17H15BrF4N6O4S. The zero-order valence-electron chi connectivity index (χ0n) is 16.9. The van der Waals surface area contributed by atoms with E-state index in [1.165, 1.54) is 6.20 Å². The van der Waals surface area contributed by atoms with Gasteiger partial charge in [-0.2, -0.15) is 27.2 Å². The number of carbonyl (C=O) groups is 1. The molecule has 2 N–H and O–H groups in total. The third-order valence-corrected chi connectivity index (χ3v) is 5.74. The fraction of sp³-hybridized carbons (Fsp3) is 0.353. The van der Waals surface area contributed by atoms with Crippen molar-refractivity contribution in [2.45, 2.75) is 39.3 Å². The van der Waals surface area contributed by atoms with Gasteiger partial charge >= 0.3 is 11.9 Å². The van der Waals surface area contributed by atoms with Crippen LogP contribution in [0.25, 0.3) is 5.82 Å². The van der Waals surface area contributed by atoms with E-state index in [4.69, 9.17) is 4.74 Å². The molecule has 3 aromatic rings. The molecule has 10 nitrogen and oxygen atoms in total. The first-order valence-electron chi connectivity index (χ1n) is 9.13. The third kappa shape index (κ3) is 5.06. The number of pyridine rings is 1. The zero-order chi connectivity index (χ0) is 24.5. The number of hydrogen-bond acceptors (Lipinski definition) is 8. The fourth-order valence-electron chi connectivity index (χ4n) is 2.60. The summed E-state index contributed by atoms with van der Waals surface area (Å²) in [7, 11) is 0. The van der Waals surface area contributed by atoms with Crippen LogP contribution >= 0.6 is 27.5 Å². The van der Waals surface area contributed by atoms with Crippen molar-refractivity contribution < 1.29 is 32.2 Å². The zero-order valence-corrected chi connectivity index (χ0v) is 19.3. The Morgan fingerprint density at radius 1 is 1.42 bits per heavy atom. The van der Waals surface area contributed by atoms with Gasteiger partial charge in [-0.25, -0.2) is 9.18 Å². The molecule has 0 aromatic carbocycles. The van der Waals surface area contributed by atoms with Crippen LogP contribution in [0.1, 0.15) is 30.0 Å². The normalized spacial score (nSPS) is 12.6.